The summed E-state index contributed by atoms with van der Waals surface area (Å²) >= 11 is 0. The summed E-state index contributed by atoms with van der Waals surface area (Å²) in [5.41, 5.74) is 4.64. The van der Waals surface area contributed by atoms with E-state index in [1.165, 1.54) is 0 Å². The lowest BCUT2D eigenvalue weighted by atomic mass is 10.0. The van der Waals surface area contributed by atoms with E-state index in [4.69, 9.17) is 5.73 Å². The van der Waals surface area contributed by atoms with Crippen LogP contribution in [0.4, 0.5) is 17.6 Å². The van der Waals surface area contributed by atoms with Crippen LogP contribution < -0.4 is 5.73 Å². The molecule has 1 unspecified atom stereocenters. The molecule has 0 saturated carbocycles. The molecule has 5 heteroatoms. The molecule has 16 heavy (non-hydrogen) atoms. The number of hydrogen-bond acceptors (Lipinski definition) is 1. The predicted molar refractivity (Wildman–Crippen MR) is 53.4 cm³/mol. The van der Waals surface area contributed by atoms with E-state index in [-0.39, 0.29) is 18.0 Å². The molecule has 0 bridgehead atoms. The summed E-state index contributed by atoms with van der Waals surface area (Å²) < 4.78 is 50.5. The fourth-order valence-corrected chi connectivity index (χ4v) is 1.43. The van der Waals surface area contributed by atoms with Crippen LogP contribution in [-0.2, 0) is 12.6 Å². The summed E-state index contributed by atoms with van der Waals surface area (Å²) in [5, 5.41) is 0. The van der Waals surface area contributed by atoms with E-state index >= 15 is 0 Å². The van der Waals surface area contributed by atoms with Gasteiger partial charge in [-0.3, -0.25) is 0 Å². The third-order valence-corrected chi connectivity index (χ3v) is 2.24. The van der Waals surface area contributed by atoms with Crippen molar-refractivity contribution in [1.29, 1.82) is 0 Å². The highest BCUT2D eigenvalue weighted by Gasteiger charge is 2.33. The molecule has 1 atom stereocenters. The van der Waals surface area contributed by atoms with Crippen LogP contribution in [0.5, 0.6) is 0 Å². The molecule has 0 spiro atoms. The highest BCUT2D eigenvalue weighted by molar-refractivity contribution is 5.30. The van der Waals surface area contributed by atoms with Gasteiger partial charge >= 0.3 is 6.18 Å². The zero-order valence-corrected chi connectivity index (χ0v) is 8.81. The number of aryl methyl sites for hydroxylation is 1. The van der Waals surface area contributed by atoms with Crippen molar-refractivity contribution in [3.8, 4) is 0 Å². The van der Waals surface area contributed by atoms with Gasteiger partial charge in [-0.15, -0.1) is 0 Å². The fourth-order valence-electron chi connectivity index (χ4n) is 1.43. The standard InChI is InChI=1S/C11H13F4N/c1-7(16)2-3-8-6-9(12)4-5-10(8)11(13,14)15/h4-7H,2-3,16H2,1H3. The lowest BCUT2D eigenvalue weighted by Gasteiger charge is -2.13. The number of hydrogen-bond donors (Lipinski definition) is 1. The summed E-state index contributed by atoms with van der Waals surface area (Å²) in [6.07, 6.45) is -3.92. The maximum Gasteiger partial charge on any atom is 0.416 e. The number of benzene rings is 1. The van der Waals surface area contributed by atoms with Gasteiger partial charge in [0.2, 0.25) is 0 Å². The van der Waals surface area contributed by atoms with Gasteiger partial charge < -0.3 is 5.73 Å². The van der Waals surface area contributed by atoms with Crippen molar-refractivity contribution in [1.82, 2.24) is 0 Å². The topological polar surface area (TPSA) is 26.0 Å². The van der Waals surface area contributed by atoms with E-state index in [1.807, 2.05) is 0 Å². The smallest absolute Gasteiger partial charge is 0.328 e. The predicted octanol–water partition coefficient (Wildman–Crippen LogP) is 3.12. The molecule has 0 heterocycles. The van der Waals surface area contributed by atoms with E-state index in [2.05, 4.69) is 0 Å². The maximum absolute atomic E-state index is 12.9. The van der Waals surface area contributed by atoms with Gasteiger partial charge in [-0.2, -0.15) is 13.2 Å². The average molecular weight is 235 g/mol. The van der Waals surface area contributed by atoms with E-state index in [1.54, 1.807) is 6.92 Å². The van der Waals surface area contributed by atoms with Crippen LogP contribution in [0.15, 0.2) is 18.2 Å². The average Bonchev–Trinajstić information content (AvgIpc) is 2.12. The molecule has 1 rings (SSSR count). The molecular weight excluding hydrogens is 222 g/mol. The van der Waals surface area contributed by atoms with Crippen molar-refractivity contribution in [2.45, 2.75) is 32.0 Å². The molecule has 0 aliphatic rings. The molecule has 1 aromatic rings. The molecule has 1 nitrogen and oxygen atoms in total. The lowest BCUT2D eigenvalue weighted by Crippen LogP contribution is -2.17. The lowest BCUT2D eigenvalue weighted by molar-refractivity contribution is -0.138. The highest BCUT2D eigenvalue weighted by Crippen LogP contribution is 2.32. The number of rotatable bonds is 3. The Kier molecular flexibility index (Phi) is 3.91. The van der Waals surface area contributed by atoms with Gasteiger partial charge in [0, 0.05) is 6.04 Å². The molecule has 2 N–H and O–H groups in total. The fraction of sp³-hybridized carbons (Fsp3) is 0.455. The largest absolute Gasteiger partial charge is 0.416 e. The molecular formula is C11H13F4N. The zero-order valence-electron chi connectivity index (χ0n) is 8.81. The highest BCUT2D eigenvalue weighted by atomic mass is 19.4. The first-order valence-corrected chi connectivity index (χ1v) is 4.92. The minimum absolute atomic E-state index is 0.0372. The van der Waals surface area contributed by atoms with E-state index in [0.717, 1.165) is 18.2 Å². The van der Waals surface area contributed by atoms with Crippen molar-refractivity contribution in [2.75, 3.05) is 0 Å². The Morgan fingerprint density at radius 2 is 1.94 bits per heavy atom. The third-order valence-electron chi connectivity index (χ3n) is 2.24. The number of alkyl halides is 3. The van der Waals surface area contributed by atoms with Crippen LogP contribution >= 0.6 is 0 Å². The van der Waals surface area contributed by atoms with Crippen molar-refractivity contribution in [3.63, 3.8) is 0 Å². The molecule has 0 saturated heterocycles. The van der Waals surface area contributed by atoms with Gasteiger partial charge in [-0.05, 0) is 43.5 Å². The normalized spacial score (nSPS) is 13.9. The van der Waals surface area contributed by atoms with E-state index < -0.39 is 17.6 Å². The quantitative estimate of drug-likeness (QED) is 0.800. The van der Waals surface area contributed by atoms with Crippen molar-refractivity contribution in [3.05, 3.63) is 35.1 Å². The van der Waals surface area contributed by atoms with Gasteiger partial charge in [0.05, 0.1) is 5.56 Å². The second-order valence-corrected chi connectivity index (χ2v) is 3.82. The van der Waals surface area contributed by atoms with Gasteiger partial charge in [-0.1, -0.05) is 0 Å². The first kappa shape index (κ1) is 13.0. The molecule has 0 fully saturated rings. The van der Waals surface area contributed by atoms with Gasteiger partial charge in [0.1, 0.15) is 5.82 Å². The van der Waals surface area contributed by atoms with Crippen molar-refractivity contribution in [2.24, 2.45) is 5.73 Å². The number of halogens is 4. The molecule has 0 aliphatic carbocycles. The summed E-state index contributed by atoms with van der Waals surface area (Å²) in [4.78, 5) is 0. The first-order valence-electron chi connectivity index (χ1n) is 4.92. The van der Waals surface area contributed by atoms with Crippen LogP contribution in [0.1, 0.15) is 24.5 Å². The third kappa shape index (κ3) is 3.48. The maximum atomic E-state index is 12.9. The second kappa shape index (κ2) is 4.82. The Morgan fingerprint density at radius 1 is 1.31 bits per heavy atom. The second-order valence-electron chi connectivity index (χ2n) is 3.82. The van der Waals surface area contributed by atoms with Crippen LogP contribution in [0.2, 0.25) is 0 Å². The Labute approximate surface area is 91.3 Å². The van der Waals surface area contributed by atoms with Gasteiger partial charge in [-0.25, -0.2) is 4.39 Å². The molecule has 0 radical (unpaired) electrons. The Hall–Kier alpha value is -1.10. The van der Waals surface area contributed by atoms with E-state index in [0.29, 0.717) is 6.42 Å². The minimum Gasteiger partial charge on any atom is -0.328 e. The van der Waals surface area contributed by atoms with Gasteiger partial charge in [0.25, 0.3) is 0 Å². The first-order chi connectivity index (χ1) is 7.30. The zero-order chi connectivity index (χ0) is 12.3. The Morgan fingerprint density at radius 3 is 2.44 bits per heavy atom. The molecule has 0 aliphatic heterocycles. The van der Waals surface area contributed by atoms with Crippen LogP contribution in [0.25, 0.3) is 0 Å². The monoisotopic (exact) mass is 235 g/mol. The van der Waals surface area contributed by atoms with Crippen LogP contribution in [-0.4, -0.2) is 6.04 Å². The minimum atomic E-state index is -4.44. The summed E-state index contributed by atoms with van der Waals surface area (Å²) in [5.74, 6) is -0.660. The Bertz CT molecular complexity index is 357. The molecule has 1 aromatic carbocycles. The molecule has 0 aromatic heterocycles. The SMILES string of the molecule is CC(N)CCc1cc(F)ccc1C(F)(F)F. The molecule has 90 valence electrons. The summed E-state index contributed by atoms with van der Waals surface area (Å²) in [6, 6.07) is 2.30. The van der Waals surface area contributed by atoms with Crippen LogP contribution in [0.3, 0.4) is 0 Å². The Balaban J connectivity index is 2.99. The number of nitrogens with two attached hydrogens (primary N) is 1. The summed E-state index contributed by atoms with van der Waals surface area (Å²) in [7, 11) is 0. The van der Waals surface area contributed by atoms with E-state index in [9.17, 15) is 17.6 Å². The molecule has 0 amide bonds. The van der Waals surface area contributed by atoms with Crippen molar-refractivity contribution < 1.29 is 17.6 Å². The van der Waals surface area contributed by atoms with Crippen LogP contribution in [0, 0.1) is 5.82 Å². The van der Waals surface area contributed by atoms with Crippen molar-refractivity contribution >= 4 is 0 Å². The van der Waals surface area contributed by atoms with Gasteiger partial charge in [0.15, 0.2) is 0 Å². The summed E-state index contributed by atoms with van der Waals surface area (Å²) in [6.45, 7) is 1.70.